The number of thiazole rings is 1. The molecule has 0 spiro atoms. The van der Waals surface area contributed by atoms with Crippen molar-refractivity contribution in [1.29, 1.82) is 0 Å². The molecular formula is C15H14N2O2S. The Labute approximate surface area is 121 Å². The lowest BCUT2D eigenvalue weighted by Crippen LogP contribution is -2.16. The highest BCUT2D eigenvalue weighted by Crippen LogP contribution is 2.26. The number of hydrogen-bond donors (Lipinski definition) is 1. The molecule has 3 rings (SSSR count). The van der Waals surface area contributed by atoms with E-state index in [9.17, 15) is 4.79 Å². The molecular weight excluding hydrogens is 272 g/mol. The van der Waals surface area contributed by atoms with Crippen LogP contribution in [-0.4, -0.2) is 24.5 Å². The second-order valence-corrected chi connectivity index (χ2v) is 5.50. The van der Waals surface area contributed by atoms with Gasteiger partial charge in [0.15, 0.2) is 0 Å². The normalized spacial score (nSPS) is 13.2. The van der Waals surface area contributed by atoms with Crippen LogP contribution in [0, 0.1) is 0 Å². The fraction of sp³-hybridized carbons (Fsp3) is 0.200. The average Bonchev–Trinajstić information content (AvgIpc) is 3.12. The number of nitrogens with zero attached hydrogens (tertiary/aromatic N) is 1. The molecule has 1 N–H and O–H groups in total. The highest BCUT2D eigenvalue weighted by atomic mass is 32.1. The topological polar surface area (TPSA) is 51.2 Å². The van der Waals surface area contributed by atoms with E-state index in [2.05, 4.69) is 16.4 Å². The molecule has 0 unspecified atom stereocenters. The Morgan fingerprint density at radius 2 is 2.35 bits per heavy atom. The lowest BCUT2D eigenvalue weighted by Gasteiger charge is -1.99. The third kappa shape index (κ3) is 2.58. The minimum Gasteiger partial charge on any atom is -0.493 e. The minimum atomic E-state index is -0.100. The number of carbonyl (C=O) groups is 1. The number of nitrogens with one attached hydrogen (secondary N) is 1. The predicted molar refractivity (Wildman–Crippen MR) is 80.1 cm³/mol. The first-order chi connectivity index (χ1) is 9.76. The van der Waals surface area contributed by atoms with Crippen molar-refractivity contribution < 1.29 is 9.53 Å². The highest BCUT2D eigenvalue weighted by molar-refractivity contribution is 7.14. The Morgan fingerprint density at radius 3 is 3.20 bits per heavy atom. The van der Waals surface area contributed by atoms with Crippen molar-refractivity contribution >= 4 is 29.4 Å². The van der Waals surface area contributed by atoms with Gasteiger partial charge in [0.2, 0.25) is 0 Å². The highest BCUT2D eigenvalue weighted by Gasteiger charge is 2.11. The van der Waals surface area contributed by atoms with Crippen molar-refractivity contribution in [3.05, 3.63) is 45.4 Å². The summed E-state index contributed by atoms with van der Waals surface area (Å²) in [6.07, 6.45) is 6.49. The van der Waals surface area contributed by atoms with Crippen LogP contribution in [0.15, 0.2) is 24.4 Å². The van der Waals surface area contributed by atoms with Gasteiger partial charge in [0.25, 0.3) is 5.91 Å². The van der Waals surface area contributed by atoms with Gasteiger partial charge in [-0.2, -0.15) is 0 Å². The molecule has 2 aromatic rings. The molecule has 1 aromatic carbocycles. The van der Waals surface area contributed by atoms with Crippen molar-refractivity contribution in [3.8, 4) is 5.75 Å². The standard InChI is InChI=1S/C15H14N2O2S/c1-16-15(18)13-9-17-14(20-13)5-3-10-2-4-12-11(8-10)6-7-19-12/h2-5,8-9H,6-7H2,1H3,(H,16,18)/b5-3-. The summed E-state index contributed by atoms with van der Waals surface area (Å²) in [5.74, 6) is 0.884. The predicted octanol–water partition coefficient (Wildman–Crippen LogP) is 2.61. The van der Waals surface area contributed by atoms with E-state index < -0.39 is 0 Å². The Balaban J connectivity index is 1.77. The fourth-order valence-electron chi connectivity index (χ4n) is 2.07. The molecule has 0 saturated heterocycles. The molecule has 0 bridgehead atoms. The maximum absolute atomic E-state index is 11.5. The van der Waals surface area contributed by atoms with Gasteiger partial charge in [0.05, 0.1) is 12.8 Å². The number of fused-ring (bicyclic) bond motifs is 1. The molecule has 0 fully saturated rings. The van der Waals surface area contributed by atoms with E-state index >= 15 is 0 Å². The third-order valence-electron chi connectivity index (χ3n) is 3.11. The molecule has 1 aliphatic rings. The number of rotatable bonds is 3. The fourth-order valence-corrected chi connectivity index (χ4v) is 2.84. The van der Waals surface area contributed by atoms with E-state index in [1.165, 1.54) is 16.9 Å². The van der Waals surface area contributed by atoms with E-state index in [-0.39, 0.29) is 5.91 Å². The molecule has 0 aliphatic carbocycles. The van der Waals surface area contributed by atoms with E-state index in [0.29, 0.717) is 4.88 Å². The smallest absolute Gasteiger partial charge is 0.262 e. The Kier molecular flexibility index (Phi) is 3.52. The monoisotopic (exact) mass is 286 g/mol. The van der Waals surface area contributed by atoms with E-state index in [0.717, 1.165) is 29.3 Å². The molecule has 1 amide bonds. The number of hydrogen-bond acceptors (Lipinski definition) is 4. The molecule has 20 heavy (non-hydrogen) atoms. The molecule has 1 aromatic heterocycles. The number of ether oxygens (including phenoxy) is 1. The molecule has 0 saturated carbocycles. The zero-order valence-electron chi connectivity index (χ0n) is 11.1. The lowest BCUT2D eigenvalue weighted by atomic mass is 10.1. The summed E-state index contributed by atoms with van der Waals surface area (Å²) < 4.78 is 5.48. The molecule has 0 atom stereocenters. The summed E-state index contributed by atoms with van der Waals surface area (Å²) in [6, 6.07) is 6.15. The Morgan fingerprint density at radius 1 is 1.45 bits per heavy atom. The van der Waals surface area contributed by atoms with Crippen LogP contribution < -0.4 is 10.1 Å². The first-order valence-electron chi connectivity index (χ1n) is 6.38. The Hall–Kier alpha value is -2.14. The van der Waals surface area contributed by atoms with Gasteiger partial charge in [-0.25, -0.2) is 4.98 Å². The largest absolute Gasteiger partial charge is 0.493 e. The maximum Gasteiger partial charge on any atom is 0.262 e. The van der Waals surface area contributed by atoms with Crippen molar-refractivity contribution in [2.24, 2.45) is 0 Å². The molecule has 2 heterocycles. The first-order valence-corrected chi connectivity index (χ1v) is 7.19. The van der Waals surface area contributed by atoms with Gasteiger partial charge in [0.1, 0.15) is 15.6 Å². The average molecular weight is 286 g/mol. The second-order valence-electron chi connectivity index (χ2n) is 4.44. The second kappa shape index (κ2) is 5.46. The number of amides is 1. The van der Waals surface area contributed by atoms with Gasteiger partial charge in [-0.15, -0.1) is 11.3 Å². The van der Waals surface area contributed by atoms with Crippen LogP contribution in [0.5, 0.6) is 5.75 Å². The SMILES string of the molecule is CNC(=O)c1cnc(/C=C\c2ccc3c(c2)CCO3)s1. The summed E-state index contributed by atoms with van der Waals surface area (Å²) in [4.78, 5) is 16.3. The quantitative estimate of drug-likeness (QED) is 0.943. The van der Waals surface area contributed by atoms with Crippen LogP contribution in [0.3, 0.4) is 0 Å². The van der Waals surface area contributed by atoms with Crippen LogP contribution in [-0.2, 0) is 6.42 Å². The molecule has 5 heteroatoms. The number of aromatic nitrogens is 1. The summed E-state index contributed by atoms with van der Waals surface area (Å²) in [7, 11) is 1.62. The van der Waals surface area contributed by atoms with E-state index in [1.54, 1.807) is 13.2 Å². The summed E-state index contributed by atoms with van der Waals surface area (Å²) in [6.45, 7) is 0.768. The third-order valence-corrected chi connectivity index (χ3v) is 4.07. The summed E-state index contributed by atoms with van der Waals surface area (Å²) in [5.41, 5.74) is 2.36. The first kappa shape index (κ1) is 12.9. The van der Waals surface area contributed by atoms with Crippen LogP contribution in [0.4, 0.5) is 0 Å². The van der Waals surface area contributed by atoms with Gasteiger partial charge in [0, 0.05) is 13.5 Å². The van der Waals surface area contributed by atoms with Crippen LogP contribution >= 0.6 is 11.3 Å². The zero-order valence-corrected chi connectivity index (χ0v) is 11.9. The zero-order chi connectivity index (χ0) is 13.9. The van der Waals surface area contributed by atoms with Gasteiger partial charge in [-0.3, -0.25) is 4.79 Å². The number of benzene rings is 1. The molecule has 102 valence electrons. The van der Waals surface area contributed by atoms with E-state index in [4.69, 9.17) is 4.74 Å². The Bertz CT molecular complexity index is 676. The molecule has 4 nitrogen and oxygen atoms in total. The van der Waals surface area contributed by atoms with Crippen molar-refractivity contribution in [2.45, 2.75) is 6.42 Å². The van der Waals surface area contributed by atoms with Crippen molar-refractivity contribution in [3.63, 3.8) is 0 Å². The van der Waals surface area contributed by atoms with Crippen LogP contribution in [0.2, 0.25) is 0 Å². The van der Waals surface area contributed by atoms with Gasteiger partial charge in [-0.1, -0.05) is 12.1 Å². The van der Waals surface area contributed by atoms with Gasteiger partial charge >= 0.3 is 0 Å². The minimum absolute atomic E-state index is 0.100. The number of carbonyl (C=O) groups excluding carboxylic acids is 1. The summed E-state index contributed by atoms with van der Waals surface area (Å²) >= 11 is 1.38. The molecule has 0 radical (unpaired) electrons. The summed E-state index contributed by atoms with van der Waals surface area (Å²) in [5, 5.41) is 3.41. The van der Waals surface area contributed by atoms with Gasteiger partial charge in [-0.05, 0) is 29.3 Å². The van der Waals surface area contributed by atoms with Crippen molar-refractivity contribution in [1.82, 2.24) is 10.3 Å². The van der Waals surface area contributed by atoms with Crippen molar-refractivity contribution in [2.75, 3.05) is 13.7 Å². The van der Waals surface area contributed by atoms with Crippen LogP contribution in [0.1, 0.15) is 25.8 Å². The molecule has 1 aliphatic heterocycles. The van der Waals surface area contributed by atoms with E-state index in [1.807, 2.05) is 24.3 Å². The van der Waals surface area contributed by atoms with Gasteiger partial charge < -0.3 is 10.1 Å². The maximum atomic E-state index is 11.5. The lowest BCUT2D eigenvalue weighted by molar-refractivity contribution is 0.0967. The van der Waals surface area contributed by atoms with Crippen LogP contribution in [0.25, 0.3) is 12.2 Å².